The SMILES string of the molecule is COCCCOC1CCNC(CS(=O)c2nc3ccccc3[nH]2)C1C. The molecule has 2 N–H and O–H groups in total. The number of fused-ring (bicyclic) bond motifs is 1. The van der Waals surface area contributed by atoms with Crippen LogP contribution in [0.15, 0.2) is 29.4 Å². The van der Waals surface area contributed by atoms with Crippen molar-refractivity contribution in [1.29, 1.82) is 0 Å². The molecule has 1 saturated heterocycles. The molecule has 1 aliphatic heterocycles. The summed E-state index contributed by atoms with van der Waals surface area (Å²) in [4.78, 5) is 7.64. The van der Waals surface area contributed by atoms with Gasteiger partial charge in [0.05, 0.1) is 27.9 Å². The number of H-pyrrole nitrogens is 1. The van der Waals surface area contributed by atoms with E-state index < -0.39 is 10.8 Å². The van der Waals surface area contributed by atoms with E-state index in [2.05, 4.69) is 22.2 Å². The van der Waals surface area contributed by atoms with Crippen LogP contribution >= 0.6 is 0 Å². The Labute approximate surface area is 151 Å². The number of para-hydroxylation sites is 2. The molecule has 6 nitrogen and oxygen atoms in total. The van der Waals surface area contributed by atoms with Gasteiger partial charge in [-0.05, 0) is 37.4 Å². The smallest absolute Gasteiger partial charge is 0.197 e. The summed E-state index contributed by atoms with van der Waals surface area (Å²) in [5.74, 6) is 0.850. The first-order valence-corrected chi connectivity index (χ1v) is 10.2. The topological polar surface area (TPSA) is 76.2 Å². The van der Waals surface area contributed by atoms with Gasteiger partial charge in [0.25, 0.3) is 0 Å². The first-order valence-electron chi connectivity index (χ1n) is 8.86. The van der Waals surface area contributed by atoms with Gasteiger partial charge in [-0.15, -0.1) is 0 Å². The highest BCUT2D eigenvalue weighted by Gasteiger charge is 2.32. The van der Waals surface area contributed by atoms with Gasteiger partial charge >= 0.3 is 0 Å². The van der Waals surface area contributed by atoms with Crippen LogP contribution in [0, 0.1) is 5.92 Å². The van der Waals surface area contributed by atoms with Crippen LogP contribution in [-0.4, -0.2) is 58.9 Å². The summed E-state index contributed by atoms with van der Waals surface area (Å²) in [6, 6.07) is 7.93. The van der Waals surface area contributed by atoms with E-state index >= 15 is 0 Å². The molecule has 0 spiro atoms. The Balaban J connectivity index is 1.58. The van der Waals surface area contributed by atoms with Gasteiger partial charge < -0.3 is 19.8 Å². The van der Waals surface area contributed by atoms with Gasteiger partial charge in [-0.3, -0.25) is 4.21 Å². The molecule has 4 unspecified atom stereocenters. The van der Waals surface area contributed by atoms with Crippen molar-refractivity contribution in [3.8, 4) is 0 Å². The van der Waals surface area contributed by atoms with Crippen molar-refractivity contribution in [2.45, 2.75) is 37.1 Å². The van der Waals surface area contributed by atoms with E-state index in [0.717, 1.165) is 37.0 Å². The molecule has 2 heterocycles. The van der Waals surface area contributed by atoms with Crippen molar-refractivity contribution in [3.05, 3.63) is 24.3 Å². The molecule has 1 aliphatic rings. The summed E-state index contributed by atoms with van der Waals surface area (Å²) in [6.45, 7) is 4.50. The molecule has 1 fully saturated rings. The zero-order valence-electron chi connectivity index (χ0n) is 14.9. The average Bonchev–Trinajstić information content (AvgIpc) is 3.06. The van der Waals surface area contributed by atoms with Gasteiger partial charge in [-0.25, -0.2) is 4.98 Å². The van der Waals surface area contributed by atoms with Gasteiger partial charge in [0.15, 0.2) is 5.16 Å². The second-order valence-corrected chi connectivity index (χ2v) is 7.95. The molecule has 0 aliphatic carbocycles. The van der Waals surface area contributed by atoms with Gasteiger partial charge in [-0.2, -0.15) is 0 Å². The van der Waals surface area contributed by atoms with Crippen LogP contribution < -0.4 is 5.32 Å². The molecule has 3 rings (SSSR count). The molecule has 7 heteroatoms. The number of aromatic amines is 1. The number of hydrogen-bond acceptors (Lipinski definition) is 5. The Bertz CT molecular complexity index is 673. The fourth-order valence-electron chi connectivity index (χ4n) is 3.28. The zero-order valence-corrected chi connectivity index (χ0v) is 15.7. The van der Waals surface area contributed by atoms with Crippen molar-refractivity contribution in [3.63, 3.8) is 0 Å². The van der Waals surface area contributed by atoms with Crippen LogP contribution in [-0.2, 0) is 20.3 Å². The number of imidazole rings is 1. The third kappa shape index (κ3) is 4.67. The summed E-state index contributed by atoms with van der Waals surface area (Å²) < 4.78 is 23.8. The molecule has 0 saturated carbocycles. The number of ether oxygens (including phenoxy) is 2. The van der Waals surface area contributed by atoms with Gasteiger partial charge in [0, 0.05) is 32.1 Å². The number of nitrogens with zero attached hydrogens (tertiary/aromatic N) is 1. The number of piperidine rings is 1. The second kappa shape index (κ2) is 8.89. The van der Waals surface area contributed by atoms with E-state index in [0.29, 0.717) is 23.4 Å². The van der Waals surface area contributed by atoms with E-state index in [1.165, 1.54) is 0 Å². The van der Waals surface area contributed by atoms with E-state index in [9.17, 15) is 4.21 Å². The molecule has 0 amide bonds. The summed E-state index contributed by atoms with van der Waals surface area (Å²) >= 11 is 0. The number of benzene rings is 1. The van der Waals surface area contributed by atoms with Crippen LogP contribution in [0.3, 0.4) is 0 Å². The molecule has 1 aromatic carbocycles. The number of hydrogen-bond donors (Lipinski definition) is 2. The summed E-state index contributed by atoms with van der Waals surface area (Å²) in [6.07, 6.45) is 2.10. The van der Waals surface area contributed by atoms with E-state index in [1.54, 1.807) is 7.11 Å². The molecule has 25 heavy (non-hydrogen) atoms. The first kappa shape index (κ1) is 18.5. The third-order valence-electron chi connectivity index (χ3n) is 4.80. The Morgan fingerprint density at radius 3 is 2.96 bits per heavy atom. The Hall–Kier alpha value is -1.28. The molecule has 4 atom stereocenters. The maximum Gasteiger partial charge on any atom is 0.197 e. The maximum absolute atomic E-state index is 12.8. The number of methoxy groups -OCH3 is 1. The monoisotopic (exact) mass is 365 g/mol. The van der Waals surface area contributed by atoms with Gasteiger partial charge in [0.2, 0.25) is 0 Å². The lowest BCUT2D eigenvalue weighted by molar-refractivity contribution is -0.0179. The molecule has 1 aromatic heterocycles. The van der Waals surface area contributed by atoms with E-state index in [1.807, 2.05) is 24.3 Å². The van der Waals surface area contributed by atoms with E-state index in [4.69, 9.17) is 9.47 Å². The highest BCUT2D eigenvalue weighted by Crippen LogP contribution is 2.22. The summed E-state index contributed by atoms with van der Waals surface area (Å²) in [5.41, 5.74) is 1.78. The predicted molar refractivity (Wildman–Crippen MR) is 99.2 cm³/mol. The van der Waals surface area contributed by atoms with Crippen molar-refractivity contribution >= 4 is 21.8 Å². The molecular weight excluding hydrogens is 338 g/mol. The molecule has 0 bridgehead atoms. The van der Waals surface area contributed by atoms with E-state index in [-0.39, 0.29) is 12.1 Å². The van der Waals surface area contributed by atoms with Crippen molar-refractivity contribution < 1.29 is 13.7 Å². The summed E-state index contributed by atoms with van der Waals surface area (Å²) in [5, 5.41) is 4.05. The number of aromatic nitrogens is 2. The van der Waals surface area contributed by atoms with Crippen molar-refractivity contribution in [1.82, 2.24) is 15.3 Å². The quantitative estimate of drug-likeness (QED) is 0.701. The van der Waals surface area contributed by atoms with Crippen LogP contribution in [0.1, 0.15) is 19.8 Å². The minimum Gasteiger partial charge on any atom is -0.385 e. The number of rotatable bonds is 8. The Kier molecular flexibility index (Phi) is 6.58. The van der Waals surface area contributed by atoms with Crippen LogP contribution in [0.2, 0.25) is 0 Å². The standard InChI is InChI=1S/C18H27N3O3S/c1-13-16(19-9-8-17(13)24-11-5-10-23-2)12-25(22)18-20-14-6-3-4-7-15(14)21-18/h3-4,6-7,13,16-17,19H,5,8-12H2,1-2H3,(H,20,21). The maximum atomic E-state index is 12.8. The lowest BCUT2D eigenvalue weighted by Gasteiger charge is -2.36. The van der Waals surface area contributed by atoms with Crippen molar-refractivity contribution in [2.75, 3.05) is 32.6 Å². The minimum absolute atomic E-state index is 0.162. The lowest BCUT2D eigenvalue weighted by Crippen LogP contribution is -2.50. The van der Waals surface area contributed by atoms with Crippen molar-refractivity contribution in [2.24, 2.45) is 5.92 Å². The molecule has 2 aromatic rings. The third-order valence-corrected chi connectivity index (χ3v) is 6.08. The van der Waals surface area contributed by atoms with Gasteiger partial charge in [-0.1, -0.05) is 19.1 Å². The molecule has 138 valence electrons. The zero-order chi connectivity index (χ0) is 17.6. The predicted octanol–water partition coefficient (Wildman–Crippen LogP) is 2.09. The molecule has 0 radical (unpaired) electrons. The highest BCUT2D eigenvalue weighted by atomic mass is 32.2. The first-order chi connectivity index (χ1) is 12.2. The summed E-state index contributed by atoms with van der Waals surface area (Å²) in [7, 11) is 0.542. The molecular formula is C18H27N3O3S. The second-order valence-electron chi connectivity index (χ2n) is 6.54. The fourth-order valence-corrected chi connectivity index (χ4v) is 4.61. The highest BCUT2D eigenvalue weighted by molar-refractivity contribution is 7.84. The fraction of sp³-hybridized carbons (Fsp3) is 0.611. The number of nitrogens with one attached hydrogen (secondary N) is 2. The van der Waals surface area contributed by atoms with Crippen LogP contribution in [0.4, 0.5) is 0 Å². The van der Waals surface area contributed by atoms with Crippen LogP contribution in [0.5, 0.6) is 0 Å². The Morgan fingerprint density at radius 1 is 1.32 bits per heavy atom. The normalized spacial score (nSPS) is 25.3. The average molecular weight is 365 g/mol. The largest absolute Gasteiger partial charge is 0.385 e. The lowest BCUT2D eigenvalue weighted by atomic mass is 9.91. The van der Waals surface area contributed by atoms with Gasteiger partial charge in [0.1, 0.15) is 0 Å². The minimum atomic E-state index is -1.16. The Morgan fingerprint density at radius 2 is 2.16 bits per heavy atom. The van der Waals surface area contributed by atoms with Crippen LogP contribution in [0.25, 0.3) is 11.0 Å².